The number of rotatable bonds is 11. The van der Waals surface area contributed by atoms with Gasteiger partial charge in [-0.25, -0.2) is 4.39 Å². The fourth-order valence-corrected chi connectivity index (χ4v) is 7.24. The molecule has 6 rings (SSSR count). The van der Waals surface area contributed by atoms with E-state index in [2.05, 4.69) is 10.2 Å². The molecule has 0 saturated carbocycles. The summed E-state index contributed by atoms with van der Waals surface area (Å²) in [5, 5.41) is 21.5. The number of ether oxygens (including phenoxy) is 2. The van der Waals surface area contributed by atoms with Crippen LogP contribution in [-0.2, 0) is 17.2 Å². The second-order valence-corrected chi connectivity index (χ2v) is 12.7. The Hall–Kier alpha value is -4.52. The van der Waals surface area contributed by atoms with Crippen LogP contribution >= 0.6 is 34.4 Å². The van der Waals surface area contributed by atoms with Crippen molar-refractivity contribution in [1.82, 2.24) is 10.2 Å². The lowest BCUT2D eigenvalue weighted by Crippen LogP contribution is -2.31. The zero-order valence-electron chi connectivity index (χ0n) is 23.2. The fourth-order valence-electron chi connectivity index (χ4n) is 4.71. The van der Waals surface area contributed by atoms with Gasteiger partial charge in [-0.3, -0.25) is 14.5 Å². The van der Waals surface area contributed by atoms with Gasteiger partial charge in [0, 0.05) is 5.75 Å². The van der Waals surface area contributed by atoms with Crippen molar-refractivity contribution in [3.8, 4) is 11.5 Å². The third-order valence-corrected chi connectivity index (χ3v) is 9.82. The lowest BCUT2D eigenvalue weighted by molar-refractivity contribution is -0.117. The highest BCUT2D eigenvalue weighted by atomic mass is 32.2. The number of hydrogen-bond donors (Lipinski definition) is 1. The first-order valence-corrected chi connectivity index (χ1v) is 16.0. The normalized spacial score (nSPS) is 14.7. The van der Waals surface area contributed by atoms with E-state index in [9.17, 15) is 19.1 Å². The van der Waals surface area contributed by atoms with Crippen molar-refractivity contribution < 1.29 is 28.6 Å². The molecule has 44 heavy (non-hydrogen) atoms. The molecule has 0 spiro atoms. The molecule has 0 saturated heterocycles. The minimum absolute atomic E-state index is 0.0757. The number of nitrogens with zero attached hydrogens (tertiary/aromatic N) is 3. The number of thiophene rings is 1. The topological polar surface area (TPSA) is 102 Å². The van der Waals surface area contributed by atoms with E-state index in [1.165, 1.54) is 41.2 Å². The van der Waals surface area contributed by atoms with Gasteiger partial charge in [0.1, 0.15) is 12.4 Å². The van der Waals surface area contributed by atoms with Gasteiger partial charge in [0.25, 0.3) is 5.91 Å². The third kappa shape index (κ3) is 5.96. The second-order valence-electron chi connectivity index (χ2n) is 9.56. The van der Waals surface area contributed by atoms with Crippen LogP contribution in [-0.4, -0.2) is 34.1 Å². The number of halogens is 1. The Bertz CT molecular complexity index is 1840. The molecule has 0 radical (unpaired) electrons. The number of carbonyl (C=O) groups excluding carboxylic acids is 2. The summed E-state index contributed by atoms with van der Waals surface area (Å²) in [5.41, 5.74) is 1.91. The van der Waals surface area contributed by atoms with Crippen LogP contribution < -0.4 is 14.4 Å². The van der Waals surface area contributed by atoms with Crippen molar-refractivity contribution in [1.29, 1.82) is 0 Å². The van der Waals surface area contributed by atoms with Gasteiger partial charge >= 0.3 is 0 Å². The third-order valence-electron chi connectivity index (χ3n) is 6.85. The molecular formula is C32H24FN3O5S3. The Morgan fingerprint density at radius 3 is 2.57 bits per heavy atom. The van der Waals surface area contributed by atoms with Gasteiger partial charge in [0.05, 0.1) is 23.6 Å². The minimum Gasteiger partial charge on any atom is -0.503 e. The quantitative estimate of drug-likeness (QED) is 0.0901. The van der Waals surface area contributed by atoms with E-state index in [4.69, 9.17) is 9.47 Å². The first-order chi connectivity index (χ1) is 21.4. The number of anilines is 1. The van der Waals surface area contributed by atoms with Crippen molar-refractivity contribution in [2.24, 2.45) is 0 Å². The van der Waals surface area contributed by atoms with E-state index in [-0.39, 0.29) is 16.5 Å². The summed E-state index contributed by atoms with van der Waals surface area (Å²) in [6.07, 6.45) is 0. The predicted molar refractivity (Wildman–Crippen MR) is 168 cm³/mol. The number of thioether (sulfide) groups is 1. The number of aliphatic hydroxyl groups is 1. The van der Waals surface area contributed by atoms with Crippen LogP contribution in [0.15, 0.2) is 106 Å². The van der Waals surface area contributed by atoms with E-state index >= 15 is 0 Å². The van der Waals surface area contributed by atoms with Crippen LogP contribution in [0.2, 0.25) is 0 Å². The highest BCUT2D eigenvalue weighted by molar-refractivity contribution is 8.00. The Balaban J connectivity index is 1.34. The molecule has 3 aromatic carbocycles. The summed E-state index contributed by atoms with van der Waals surface area (Å²) >= 11 is 3.59. The monoisotopic (exact) mass is 645 g/mol. The smallest absolute Gasteiger partial charge is 0.296 e. The van der Waals surface area contributed by atoms with Gasteiger partial charge in [-0.1, -0.05) is 83.8 Å². The number of aromatic nitrogens is 2. The molecular weight excluding hydrogens is 622 g/mol. The average Bonchev–Trinajstić information content (AvgIpc) is 3.81. The summed E-state index contributed by atoms with van der Waals surface area (Å²) < 4.78 is 26.3. The van der Waals surface area contributed by atoms with Crippen LogP contribution in [0.25, 0.3) is 0 Å². The van der Waals surface area contributed by atoms with Crippen LogP contribution in [0.4, 0.5) is 9.52 Å². The van der Waals surface area contributed by atoms with Gasteiger partial charge in [0.2, 0.25) is 10.9 Å². The molecule has 12 heteroatoms. The van der Waals surface area contributed by atoms with Crippen molar-refractivity contribution in [3.63, 3.8) is 0 Å². The van der Waals surface area contributed by atoms with Crippen LogP contribution in [0, 0.1) is 5.82 Å². The second kappa shape index (κ2) is 13.0. The number of aliphatic hydroxyl groups excluding tert-OH is 1. The summed E-state index contributed by atoms with van der Waals surface area (Å²) in [5.74, 6) is -1.06. The van der Waals surface area contributed by atoms with Crippen molar-refractivity contribution in [2.75, 3.05) is 12.0 Å². The van der Waals surface area contributed by atoms with Gasteiger partial charge in [-0.15, -0.1) is 21.5 Å². The molecule has 0 fully saturated rings. The molecule has 5 aromatic rings. The van der Waals surface area contributed by atoms with Crippen LogP contribution in [0.5, 0.6) is 11.5 Å². The molecule has 0 aliphatic carbocycles. The lowest BCUT2D eigenvalue weighted by atomic mass is 9.95. The molecule has 1 aliphatic heterocycles. The van der Waals surface area contributed by atoms with Crippen molar-refractivity contribution in [3.05, 3.63) is 129 Å². The maximum atomic E-state index is 14.2. The van der Waals surface area contributed by atoms with Crippen LogP contribution in [0.3, 0.4) is 0 Å². The van der Waals surface area contributed by atoms with Gasteiger partial charge in [0.15, 0.2) is 21.6 Å². The largest absolute Gasteiger partial charge is 0.503 e. The SMILES string of the molecule is COc1cc(C2C(C(=O)c3cccs3)=C(O)C(=O)N2c2nnc(SCc3ccccc3F)s2)ccc1OCc1ccccc1. The molecule has 3 heterocycles. The zero-order chi connectivity index (χ0) is 30.6. The Labute approximate surface area is 264 Å². The minimum atomic E-state index is -1.02. The Kier molecular flexibility index (Phi) is 8.73. The van der Waals surface area contributed by atoms with Gasteiger partial charge < -0.3 is 14.6 Å². The molecule has 1 amide bonds. The summed E-state index contributed by atoms with van der Waals surface area (Å²) in [7, 11) is 1.50. The zero-order valence-corrected chi connectivity index (χ0v) is 25.6. The molecule has 1 N–H and O–H groups in total. The number of methoxy groups -OCH3 is 1. The number of benzene rings is 3. The molecule has 1 unspecified atom stereocenters. The number of amides is 1. The predicted octanol–water partition coefficient (Wildman–Crippen LogP) is 7.40. The van der Waals surface area contributed by atoms with E-state index < -0.39 is 23.5 Å². The molecule has 2 aromatic heterocycles. The lowest BCUT2D eigenvalue weighted by Gasteiger charge is -2.24. The maximum Gasteiger partial charge on any atom is 0.296 e. The fraction of sp³-hybridized carbons (Fsp3) is 0.125. The molecule has 1 atom stereocenters. The highest BCUT2D eigenvalue weighted by Gasteiger charge is 2.46. The number of hydrogen-bond acceptors (Lipinski definition) is 10. The molecule has 0 bridgehead atoms. The molecule has 222 valence electrons. The van der Waals surface area contributed by atoms with E-state index in [0.717, 1.165) is 16.9 Å². The van der Waals surface area contributed by atoms with E-state index in [1.54, 1.807) is 53.9 Å². The first kappa shape index (κ1) is 29.5. The number of carbonyl (C=O) groups is 2. The van der Waals surface area contributed by atoms with Gasteiger partial charge in [-0.05, 0) is 46.3 Å². The van der Waals surface area contributed by atoms with E-state index in [0.29, 0.717) is 44.2 Å². The van der Waals surface area contributed by atoms with Crippen molar-refractivity contribution >= 4 is 51.3 Å². The maximum absolute atomic E-state index is 14.2. The van der Waals surface area contributed by atoms with E-state index in [1.807, 2.05) is 30.3 Å². The Morgan fingerprint density at radius 2 is 1.82 bits per heavy atom. The highest BCUT2D eigenvalue weighted by Crippen LogP contribution is 2.46. The standard InChI is InChI=1S/C32H24FN3O5S3/c1-40-24-16-20(13-14-23(24)41-17-19-8-3-2-4-9-19)27-26(28(37)25-12-7-15-42-25)29(38)30(39)36(27)31-34-35-32(44-31)43-18-21-10-5-6-11-22(21)33/h2-16,27,38H,17-18H2,1H3. The summed E-state index contributed by atoms with van der Waals surface area (Å²) in [6.45, 7) is 0.311. The van der Waals surface area contributed by atoms with Crippen LogP contribution in [0.1, 0.15) is 32.4 Å². The molecule has 1 aliphatic rings. The summed E-state index contributed by atoms with van der Waals surface area (Å²) in [6, 6.07) is 23.6. The van der Waals surface area contributed by atoms with Gasteiger partial charge in [-0.2, -0.15) is 0 Å². The number of ketones is 1. The molecule has 8 nitrogen and oxygen atoms in total. The summed E-state index contributed by atoms with van der Waals surface area (Å²) in [4.78, 5) is 28.9. The average molecular weight is 646 g/mol. The first-order valence-electron chi connectivity index (χ1n) is 13.3. The number of Topliss-reactive ketones (excluding diaryl/α,β-unsaturated/α-hetero) is 1. The Morgan fingerprint density at radius 1 is 1.02 bits per heavy atom. The van der Waals surface area contributed by atoms with Crippen molar-refractivity contribution in [2.45, 2.75) is 22.7 Å².